The van der Waals surface area contributed by atoms with Gasteiger partial charge < -0.3 is 9.64 Å². The second-order valence-electron chi connectivity index (χ2n) is 7.20. The van der Waals surface area contributed by atoms with E-state index < -0.39 is 6.10 Å². The van der Waals surface area contributed by atoms with Crippen LogP contribution in [0.15, 0.2) is 91.6 Å². The Kier molecular flexibility index (Phi) is 5.98. The van der Waals surface area contributed by atoms with E-state index in [9.17, 15) is 4.79 Å². The number of pyridine rings is 3. The molecule has 1 amide bonds. The molecule has 0 aliphatic heterocycles. The van der Waals surface area contributed by atoms with E-state index in [2.05, 4.69) is 15.0 Å². The number of hydrogen-bond acceptors (Lipinski definition) is 5. The summed E-state index contributed by atoms with van der Waals surface area (Å²) in [6.45, 7) is 0. The van der Waals surface area contributed by atoms with Gasteiger partial charge in [-0.05, 0) is 36.4 Å². The van der Waals surface area contributed by atoms with E-state index in [0.29, 0.717) is 17.0 Å². The Morgan fingerprint density at radius 3 is 2.16 bits per heavy atom. The molecule has 31 heavy (non-hydrogen) atoms. The molecule has 6 heteroatoms. The Morgan fingerprint density at radius 1 is 0.871 bits per heavy atom. The monoisotopic (exact) mass is 410 g/mol. The minimum atomic E-state index is -0.406. The van der Waals surface area contributed by atoms with Crippen molar-refractivity contribution in [1.29, 1.82) is 0 Å². The van der Waals surface area contributed by atoms with Gasteiger partial charge in [0.2, 0.25) is 0 Å². The van der Waals surface area contributed by atoms with Crippen LogP contribution >= 0.6 is 0 Å². The largest absolute Gasteiger partial charge is 0.479 e. The molecule has 6 nitrogen and oxygen atoms in total. The number of hydrogen-bond donors (Lipinski definition) is 0. The van der Waals surface area contributed by atoms with Crippen LogP contribution < -0.4 is 4.74 Å². The number of carbonyl (C=O) groups excluding carboxylic acids is 1. The molecule has 0 fully saturated rings. The van der Waals surface area contributed by atoms with Gasteiger partial charge in [0.1, 0.15) is 11.4 Å². The standard InChI is InChI=1S/C25H22N4O2/c1-29(2)25(30)19-8-3-7-18(15-19)23-22(11-6-14-28-23)31-24(20-9-4-12-26-16-20)21-10-5-13-27-17-21/h3-17,24H,1-2H3. The van der Waals surface area contributed by atoms with Crippen molar-refractivity contribution >= 4 is 5.91 Å². The summed E-state index contributed by atoms with van der Waals surface area (Å²) >= 11 is 0. The molecule has 0 unspecified atom stereocenters. The zero-order chi connectivity index (χ0) is 21.6. The fraction of sp³-hybridized carbons (Fsp3) is 0.120. The molecule has 0 N–H and O–H groups in total. The molecule has 0 radical (unpaired) electrons. The predicted octanol–water partition coefficient (Wildman–Crippen LogP) is 4.41. The Bertz CT molecular complexity index is 1120. The average Bonchev–Trinajstić information content (AvgIpc) is 2.83. The summed E-state index contributed by atoms with van der Waals surface area (Å²) in [5, 5.41) is 0. The Morgan fingerprint density at radius 2 is 1.55 bits per heavy atom. The maximum Gasteiger partial charge on any atom is 0.253 e. The van der Waals surface area contributed by atoms with E-state index in [0.717, 1.165) is 16.7 Å². The molecule has 0 atom stereocenters. The summed E-state index contributed by atoms with van der Waals surface area (Å²) in [5.41, 5.74) is 3.87. The summed E-state index contributed by atoms with van der Waals surface area (Å²) in [6, 6.07) is 18.8. The number of benzene rings is 1. The van der Waals surface area contributed by atoms with Crippen molar-refractivity contribution in [3.05, 3.63) is 108 Å². The molecule has 0 saturated heterocycles. The molecule has 0 aliphatic carbocycles. The molecule has 0 saturated carbocycles. The second-order valence-corrected chi connectivity index (χ2v) is 7.20. The summed E-state index contributed by atoms with van der Waals surface area (Å²) in [6.07, 6.45) is 8.33. The highest BCUT2D eigenvalue weighted by atomic mass is 16.5. The van der Waals surface area contributed by atoms with Gasteiger partial charge in [-0.1, -0.05) is 24.3 Å². The van der Waals surface area contributed by atoms with Crippen molar-refractivity contribution < 1.29 is 9.53 Å². The smallest absolute Gasteiger partial charge is 0.253 e. The lowest BCUT2D eigenvalue weighted by Gasteiger charge is -2.21. The van der Waals surface area contributed by atoms with E-state index in [4.69, 9.17) is 4.74 Å². The first-order chi connectivity index (χ1) is 15.1. The molecule has 1 aromatic carbocycles. The van der Waals surface area contributed by atoms with Crippen LogP contribution in [0.1, 0.15) is 27.6 Å². The first-order valence-corrected chi connectivity index (χ1v) is 9.87. The number of aromatic nitrogens is 3. The third kappa shape index (κ3) is 4.59. The second kappa shape index (κ2) is 9.17. The quantitative estimate of drug-likeness (QED) is 0.471. The van der Waals surface area contributed by atoms with E-state index in [-0.39, 0.29) is 5.91 Å². The first-order valence-electron chi connectivity index (χ1n) is 9.87. The maximum absolute atomic E-state index is 12.4. The molecule has 4 rings (SSSR count). The molecule has 3 aromatic heterocycles. The Balaban J connectivity index is 1.75. The van der Waals surface area contributed by atoms with Gasteiger partial charge in [0.15, 0.2) is 6.10 Å². The van der Waals surface area contributed by atoms with Crippen LogP contribution in [-0.4, -0.2) is 39.9 Å². The first kappa shape index (κ1) is 20.2. The van der Waals surface area contributed by atoms with E-state index in [1.807, 2.05) is 54.6 Å². The molecular weight excluding hydrogens is 388 g/mol. The molecular formula is C25H22N4O2. The molecule has 4 aromatic rings. The van der Waals surface area contributed by atoms with Gasteiger partial charge in [-0.3, -0.25) is 19.7 Å². The van der Waals surface area contributed by atoms with E-state index >= 15 is 0 Å². The summed E-state index contributed by atoms with van der Waals surface area (Å²) in [5.74, 6) is 0.540. The number of rotatable bonds is 6. The van der Waals surface area contributed by atoms with Crippen LogP contribution in [0.4, 0.5) is 0 Å². The lowest BCUT2D eigenvalue weighted by Crippen LogP contribution is -2.21. The third-order valence-electron chi connectivity index (χ3n) is 4.78. The highest BCUT2D eigenvalue weighted by molar-refractivity contribution is 5.95. The normalized spacial score (nSPS) is 10.7. The summed E-state index contributed by atoms with van der Waals surface area (Å²) in [7, 11) is 3.47. The maximum atomic E-state index is 12.4. The van der Waals surface area contributed by atoms with Gasteiger partial charge >= 0.3 is 0 Å². The fourth-order valence-corrected chi connectivity index (χ4v) is 3.28. The number of nitrogens with zero attached hydrogens (tertiary/aromatic N) is 4. The topological polar surface area (TPSA) is 68.2 Å². The van der Waals surface area contributed by atoms with Crippen LogP contribution in [-0.2, 0) is 0 Å². The van der Waals surface area contributed by atoms with Gasteiger partial charge in [0.05, 0.1) is 0 Å². The van der Waals surface area contributed by atoms with Crippen LogP contribution in [0.5, 0.6) is 5.75 Å². The van der Waals surface area contributed by atoms with Crippen LogP contribution in [0, 0.1) is 0 Å². The zero-order valence-electron chi connectivity index (χ0n) is 17.3. The third-order valence-corrected chi connectivity index (χ3v) is 4.78. The van der Waals surface area contributed by atoms with Crippen LogP contribution in [0.3, 0.4) is 0 Å². The van der Waals surface area contributed by atoms with Gasteiger partial charge in [0, 0.05) is 67.3 Å². The Hall–Kier alpha value is -4.06. The molecule has 0 bridgehead atoms. The van der Waals surface area contributed by atoms with Gasteiger partial charge in [-0.15, -0.1) is 0 Å². The average molecular weight is 410 g/mol. The fourth-order valence-electron chi connectivity index (χ4n) is 3.28. The molecule has 0 aliphatic rings. The van der Waals surface area contributed by atoms with Crippen LogP contribution in [0.25, 0.3) is 11.3 Å². The summed E-state index contributed by atoms with van der Waals surface area (Å²) < 4.78 is 6.48. The van der Waals surface area contributed by atoms with Gasteiger partial charge in [-0.2, -0.15) is 0 Å². The van der Waals surface area contributed by atoms with Crippen molar-refractivity contribution in [2.24, 2.45) is 0 Å². The minimum absolute atomic E-state index is 0.0659. The number of ether oxygens (including phenoxy) is 1. The molecule has 0 spiro atoms. The van der Waals surface area contributed by atoms with Crippen molar-refractivity contribution in [3.8, 4) is 17.0 Å². The van der Waals surface area contributed by atoms with Crippen molar-refractivity contribution in [2.75, 3.05) is 14.1 Å². The zero-order valence-corrected chi connectivity index (χ0v) is 17.3. The van der Waals surface area contributed by atoms with Gasteiger partial charge in [-0.25, -0.2) is 0 Å². The lowest BCUT2D eigenvalue weighted by molar-refractivity contribution is 0.0827. The van der Waals surface area contributed by atoms with E-state index in [1.165, 1.54) is 0 Å². The lowest BCUT2D eigenvalue weighted by atomic mass is 10.0. The highest BCUT2D eigenvalue weighted by Crippen LogP contribution is 2.34. The number of amides is 1. The predicted molar refractivity (Wildman–Crippen MR) is 119 cm³/mol. The highest BCUT2D eigenvalue weighted by Gasteiger charge is 2.20. The van der Waals surface area contributed by atoms with Crippen molar-refractivity contribution in [1.82, 2.24) is 19.9 Å². The number of carbonyl (C=O) groups is 1. The molecule has 154 valence electrons. The van der Waals surface area contributed by atoms with Crippen LogP contribution in [0.2, 0.25) is 0 Å². The SMILES string of the molecule is CN(C)C(=O)c1cccc(-c2ncccc2OC(c2cccnc2)c2cccnc2)c1. The summed E-state index contributed by atoms with van der Waals surface area (Å²) in [4.78, 5) is 27.0. The Labute approximate surface area is 181 Å². The van der Waals surface area contributed by atoms with Gasteiger partial charge in [0.25, 0.3) is 5.91 Å². The van der Waals surface area contributed by atoms with Crippen molar-refractivity contribution in [2.45, 2.75) is 6.10 Å². The minimum Gasteiger partial charge on any atom is -0.479 e. The van der Waals surface area contributed by atoms with Crippen molar-refractivity contribution in [3.63, 3.8) is 0 Å². The van der Waals surface area contributed by atoms with E-state index in [1.54, 1.807) is 56.0 Å². The molecule has 3 heterocycles.